The molecule has 2 aromatic rings. The lowest BCUT2D eigenvalue weighted by Gasteiger charge is -2.23. The smallest absolute Gasteiger partial charge is 0.223 e. The summed E-state index contributed by atoms with van der Waals surface area (Å²) in [7, 11) is 1.65. The number of rotatable bonds is 8. The molecule has 5 heteroatoms. The Hall–Kier alpha value is -1.85. The molecule has 1 amide bonds. The topological polar surface area (TPSA) is 55.6 Å². The number of hydrogen-bond donors (Lipinski definition) is 1. The zero-order valence-electron chi connectivity index (χ0n) is 13.7. The second-order valence-electron chi connectivity index (χ2n) is 5.66. The molecule has 0 spiro atoms. The maximum absolute atomic E-state index is 12.6. The fourth-order valence-corrected chi connectivity index (χ4v) is 3.09. The molecule has 1 aromatic carbocycles. The molecule has 1 heterocycles. The first kappa shape index (κ1) is 17.5. The van der Waals surface area contributed by atoms with Crippen LogP contribution < -0.4 is 10.5 Å². The summed E-state index contributed by atoms with van der Waals surface area (Å²) in [4.78, 5) is 15.7. The van der Waals surface area contributed by atoms with Crippen LogP contribution in [0.1, 0.15) is 30.2 Å². The second-order valence-corrected chi connectivity index (χ2v) is 6.69. The Kier molecular flexibility index (Phi) is 6.62. The van der Waals surface area contributed by atoms with Crippen LogP contribution in [0.3, 0.4) is 0 Å². The van der Waals surface area contributed by atoms with Crippen molar-refractivity contribution in [2.45, 2.75) is 38.9 Å². The van der Waals surface area contributed by atoms with Gasteiger partial charge in [0.1, 0.15) is 5.75 Å². The zero-order valence-corrected chi connectivity index (χ0v) is 14.5. The van der Waals surface area contributed by atoms with Gasteiger partial charge in [-0.3, -0.25) is 4.79 Å². The summed E-state index contributed by atoms with van der Waals surface area (Å²) in [6.07, 6.45) is 1.17. The first-order valence-electron chi connectivity index (χ1n) is 7.77. The molecule has 124 valence electrons. The number of para-hydroxylation sites is 1. The summed E-state index contributed by atoms with van der Waals surface area (Å²) in [5.41, 5.74) is 6.80. The van der Waals surface area contributed by atoms with Crippen LogP contribution in [0.25, 0.3) is 0 Å². The molecule has 0 aliphatic rings. The average Bonchev–Trinajstić information content (AvgIpc) is 3.05. The number of ether oxygens (including phenoxy) is 1. The third-order valence-electron chi connectivity index (χ3n) is 3.65. The Morgan fingerprint density at radius 3 is 2.70 bits per heavy atom. The van der Waals surface area contributed by atoms with Gasteiger partial charge in [0.25, 0.3) is 0 Å². The van der Waals surface area contributed by atoms with E-state index in [0.717, 1.165) is 11.3 Å². The molecule has 0 aliphatic carbocycles. The Balaban J connectivity index is 2.13. The molecule has 1 atom stereocenters. The minimum Gasteiger partial charge on any atom is -0.496 e. The molecule has 0 bridgehead atoms. The molecule has 0 aliphatic heterocycles. The highest BCUT2D eigenvalue weighted by Gasteiger charge is 2.17. The van der Waals surface area contributed by atoms with Gasteiger partial charge in [-0.05, 0) is 30.9 Å². The Labute approximate surface area is 141 Å². The number of methoxy groups -OCH3 is 1. The van der Waals surface area contributed by atoms with Crippen molar-refractivity contribution in [2.24, 2.45) is 5.73 Å². The van der Waals surface area contributed by atoms with Gasteiger partial charge in [-0.1, -0.05) is 24.3 Å². The van der Waals surface area contributed by atoms with Gasteiger partial charge in [0.2, 0.25) is 5.91 Å². The Bertz CT molecular complexity index is 611. The van der Waals surface area contributed by atoms with Crippen molar-refractivity contribution >= 4 is 17.2 Å². The van der Waals surface area contributed by atoms with Gasteiger partial charge < -0.3 is 15.4 Å². The van der Waals surface area contributed by atoms with E-state index >= 15 is 0 Å². The molecular weight excluding hydrogens is 308 g/mol. The maximum Gasteiger partial charge on any atom is 0.223 e. The standard InChI is InChI=1S/C18H24N2O2S/c1-14(19)9-10-18(21)20(13-16-7-5-11-23-16)12-15-6-3-4-8-17(15)22-2/h3-8,11,14H,9-10,12-13,19H2,1-2H3. The van der Waals surface area contributed by atoms with Crippen molar-refractivity contribution in [3.8, 4) is 5.75 Å². The summed E-state index contributed by atoms with van der Waals surface area (Å²) in [5.74, 6) is 0.935. The van der Waals surface area contributed by atoms with E-state index in [0.29, 0.717) is 25.9 Å². The molecule has 0 saturated carbocycles. The zero-order chi connectivity index (χ0) is 16.7. The van der Waals surface area contributed by atoms with Crippen molar-refractivity contribution in [3.63, 3.8) is 0 Å². The number of thiophene rings is 1. The summed E-state index contributed by atoms with van der Waals surface area (Å²) < 4.78 is 5.40. The van der Waals surface area contributed by atoms with Crippen molar-refractivity contribution in [1.82, 2.24) is 4.90 Å². The normalized spacial score (nSPS) is 12.0. The molecule has 23 heavy (non-hydrogen) atoms. The number of carbonyl (C=O) groups is 1. The molecule has 0 fully saturated rings. The van der Waals surface area contributed by atoms with Crippen LogP contribution >= 0.6 is 11.3 Å². The van der Waals surface area contributed by atoms with Gasteiger partial charge in [-0.2, -0.15) is 0 Å². The third-order valence-corrected chi connectivity index (χ3v) is 4.51. The van der Waals surface area contributed by atoms with Crippen molar-refractivity contribution < 1.29 is 9.53 Å². The van der Waals surface area contributed by atoms with Gasteiger partial charge in [-0.25, -0.2) is 0 Å². The van der Waals surface area contributed by atoms with E-state index in [4.69, 9.17) is 10.5 Å². The highest BCUT2D eigenvalue weighted by Crippen LogP contribution is 2.22. The third kappa shape index (κ3) is 5.37. The van der Waals surface area contributed by atoms with Crippen molar-refractivity contribution in [3.05, 3.63) is 52.2 Å². The first-order valence-corrected chi connectivity index (χ1v) is 8.65. The molecule has 0 saturated heterocycles. The second kappa shape index (κ2) is 8.70. The van der Waals surface area contributed by atoms with Crippen LogP contribution in [-0.2, 0) is 17.9 Å². The van der Waals surface area contributed by atoms with Crippen LogP contribution in [0.4, 0.5) is 0 Å². The first-order chi connectivity index (χ1) is 11.1. The fraction of sp³-hybridized carbons (Fsp3) is 0.389. The summed E-state index contributed by atoms with van der Waals surface area (Å²) in [5, 5.41) is 2.03. The van der Waals surface area contributed by atoms with Crippen LogP contribution in [0.15, 0.2) is 41.8 Å². The van der Waals surface area contributed by atoms with E-state index in [1.807, 2.05) is 47.5 Å². The van der Waals surface area contributed by atoms with E-state index in [9.17, 15) is 4.79 Å². The summed E-state index contributed by atoms with van der Waals surface area (Å²) in [6, 6.07) is 11.9. The quantitative estimate of drug-likeness (QED) is 0.806. The number of carbonyl (C=O) groups excluding carboxylic acids is 1. The van der Waals surface area contributed by atoms with Crippen molar-refractivity contribution in [1.29, 1.82) is 0 Å². The molecule has 2 N–H and O–H groups in total. The molecule has 1 unspecified atom stereocenters. The van der Waals surface area contributed by atoms with E-state index in [-0.39, 0.29) is 11.9 Å². The minimum absolute atomic E-state index is 0.0359. The average molecular weight is 332 g/mol. The molecular formula is C18H24N2O2S. The van der Waals surface area contributed by atoms with Gasteiger partial charge >= 0.3 is 0 Å². The van der Waals surface area contributed by atoms with Gasteiger partial charge in [-0.15, -0.1) is 11.3 Å². The molecule has 1 aromatic heterocycles. The number of amides is 1. The summed E-state index contributed by atoms with van der Waals surface area (Å²) >= 11 is 1.66. The highest BCUT2D eigenvalue weighted by atomic mass is 32.1. The van der Waals surface area contributed by atoms with Gasteiger partial charge in [0.05, 0.1) is 13.7 Å². The van der Waals surface area contributed by atoms with Crippen LogP contribution in [0.2, 0.25) is 0 Å². The van der Waals surface area contributed by atoms with Gasteiger partial charge in [0, 0.05) is 29.4 Å². The Morgan fingerprint density at radius 2 is 2.04 bits per heavy atom. The summed E-state index contributed by atoms with van der Waals surface area (Å²) in [6.45, 7) is 3.09. The maximum atomic E-state index is 12.6. The lowest BCUT2D eigenvalue weighted by Crippen LogP contribution is -2.31. The monoisotopic (exact) mass is 332 g/mol. The fourth-order valence-electron chi connectivity index (χ4n) is 2.37. The van der Waals surface area contributed by atoms with Crippen molar-refractivity contribution in [2.75, 3.05) is 7.11 Å². The van der Waals surface area contributed by atoms with E-state index < -0.39 is 0 Å². The molecule has 0 radical (unpaired) electrons. The van der Waals surface area contributed by atoms with Gasteiger partial charge in [0.15, 0.2) is 0 Å². The lowest BCUT2D eigenvalue weighted by atomic mass is 10.1. The molecule has 4 nitrogen and oxygen atoms in total. The predicted molar refractivity (Wildman–Crippen MR) is 94.5 cm³/mol. The number of nitrogens with zero attached hydrogens (tertiary/aromatic N) is 1. The number of benzene rings is 1. The number of nitrogens with two attached hydrogens (primary N) is 1. The highest BCUT2D eigenvalue weighted by molar-refractivity contribution is 7.09. The molecule has 2 rings (SSSR count). The predicted octanol–water partition coefficient (Wildman–Crippen LogP) is 3.41. The van der Waals surface area contributed by atoms with E-state index in [1.165, 1.54) is 4.88 Å². The minimum atomic E-state index is 0.0359. The van der Waals surface area contributed by atoms with Crippen LogP contribution in [-0.4, -0.2) is 24.0 Å². The number of hydrogen-bond acceptors (Lipinski definition) is 4. The largest absolute Gasteiger partial charge is 0.496 e. The SMILES string of the molecule is COc1ccccc1CN(Cc1cccs1)C(=O)CCC(C)N. The van der Waals surface area contributed by atoms with E-state index in [1.54, 1.807) is 18.4 Å². The lowest BCUT2D eigenvalue weighted by molar-refractivity contribution is -0.132. The Morgan fingerprint density at radius 1 is 1.26 bits per heavy atom. The van der Waals surface area contributed by atoms with E-state index in [2.05, 4.69) is 6.07 Å². The van der Waals surface area contributed by atoms with Crippen LogP contribution in [0.5, 0.6) is 5.75 Å². The van der Waals surface area contributed by atoms with Crippen LogP contribution in [0, 0.1) is 0 Å².